The highest BCUT2D eigenvalue weighted by Gasteiger charge is 2.32. The summed E-state index contributed by atoms with van der Waals surface area (Å²) in [6.45, 7) is 2.45. The van der Waals surface area contributed by atoms with E-state index in [2.05, 4.69) is 0 Å². The van der Waals surface area contributed by atoms with Crippen LogP contribution in [0, 0.1) is 5.82 Å². The fraction of sp³-hybridized carbons (Fsp3) is 0.600. The lowest BCUT2D eigenvalue weighted by Crippen LogP contribution is -2.44. The number of halogens is 1. The summed E-state index contributed by atoms with van der Waals surface area (Å²) < 4.78 is 40.1. The predicted molar refractivity (Wildman–Crippen MR) is 80.8 cm³/mol. The molecule has 2 N–H and O–H groups in total. The van der Waals surface area contributed by atoms with Crippen molar-refractivity contribution in [2.75, 3.05) is 6.54 Å². The Labute approximate surface area is 126 Å². The maximum Gasteiger partial charge on any atom is 0.243 e. The van der Waals surface area contributed by atoms with Gasteiger partial charge < -0.3 is 5.73 Å². The molecule has 0 amide bonds. The zero-order chi connectivity index (χ0) is 15.5. The van der Waals surface area contributed by atoms with Gasteiger partial charge in [-0.15, -0.1) is 0 Å². The lowest BCUT2D eigenvalue weighted by Gasteiger charge is -2.35. The Balaban J connectivity index is 2.25. The van der Waals surface area contributed by atoms with Crippen molar-refractivity contribution in [3.05, 3.63) is 30.1 Å². The Kier molecular flexibility index (Phi) is 5.35. The molecule has 0 unspecified atom stereocenters. The summed E-state index contributed by atoms with van der Waals surface area (Å²) in [5, 5.41) is 0. The lowest BCUT2D eigenvalue weighted by atomic mass is 9.92. The Morgan fingerprint density at radius 2 is 1.76 bits per heavy atom. The van der Waals surface area contributed by atoms with Crippen molar-refractivity contribution >= 4 is 10.0 Å². The number of nitrogens with zero attached hydrogens (tertiary/aromatic N) is 1. The molecule has 0 heterocycles. The van der Waals surface area contributed by atoms with Crippen molar-refractivity contribution in [3.63, 3.8) is 0 Å². The molecule has 118 valence electrons. The van der Waals surface area contributed by atoms with Gasteiger partial charge in [0.2, 0.25) is 10.0 Å². The van der Waals surface area contributed by atoms with Crippen LogP contribution in [0.1, 0.15) is 39.0 Å². The molecule has 1 aromatic rings. The van der Waals surface area contributed by atoms with E-state index in [1.807, 2.05) is 6.92 Å². The molecule has 0 saturated heterocycles. The minimum Gasteiger partial charge on any atom is -0.328 e. The highest BCUT2D eigenvalue weighted by atomic mass is 32.2. The van der Waals surface area contributed by atoms with E-state index in [1.54, 1.807) is 4.31 Å². The molecule has 21 heavy (non-hydrogen) atoms. The third kappa shape index (κ3) is 3.81. The number of hydrogen-bond acceptors (Lipinski definition) is 3. The summed E-state index contributed by atoms with van der Waals surface area (Å²) in [4.78, 5) is 0.159. The predicted octanol–water partition coefficient (Wildman–Crippen LogP) is 2.50. The Bertz CT molecular complexity index is 552. The van der Waals surface area contributed by atoms with Crippen LogP contribution in [0.3, 0.4) is 0 Å². The van der Waals surface area contributed by atoms with Gasteiger partial charge in [-0.1, -0.05) is 6.92 Å². The monoisotopic (exact) mass is 314 g/mol. The van der Waals surface area contributed by atoms with Gasteiger partial charge in [-0.05, 0) is 56.4 Å². The Hall–Kier alpha value is -0.980. The summed E-state index contributed by atoms with van der Waals surface area (Å²) in [7, 11) is -3.57. The number of nitrogens with two attached hydrogens (primary N) is 1. The van der Waals surface area contributed by atoms with Gasteiger partial charge in [-0.25, -0.2) is 12.8 Å². The second-order valence-corrected chi connectivity index (χ2v) is 7.53. The van der Waals surface area contributed by atoms with E-state index in [0.717, 1.165) is 32.1 Å². The molecule has 1 aromatic carbocycles. The molecule has 0 spiro atoms. The molecular weight excluding hydrogens is 291 g/mol. The van der Waals surface area contributed by atoms with E-state index in [1.165, 1.54) is 24.3 Å². The van der Waals surface area contributed by atoms with Crippen LogP contribution in [0.4, 0.5) is 4.39 Å². The summed E-state index contributed by atoms with van der Waals surface area (Å²) >= 11 is 0. The molecule has 0 aromatic heterocycles. The SMILES string of the molecule is CCCN(C1CCC(N)CC1)S(=O)(=O)c1ccc(F)cc1. The van der Waals surface area contributed by atoms with Gasteiger partial charge in [-0.2, -0.15) is 4.31 Å². The first kappa shape index (κ1) is 16.4. The summed E-state index contributed by atoms with van der Waals surface area (Å²) in [6, 6.07) is 5.23. The average molecular weight is 314 g/mol. The van der Waals surface area contributed by atoms with E-state index < -0.39 is 15.8 Å². The topological polar surface area (TPSA) is 63.4 Å². The molecule has 4 nitrogen and oxygen atoms in total. The molecule has 1 aliphatic rings. The van der Waals surface area contributed by atoms with Gasteiger partial charge >= 0.3 is 0 Å². The van der Waals surface area contributed by atoms with Gasteiger partial charge in [0.05, 0.1) is 4.90 Å². The molecule has 1 aliphatic carbocycles. The largest absolute Gasteiger partial charge is 0.328 e. The third-order valence-corrected chi connectivity index (χ3v) is 5.98. The molecule has 0 aliphatic heterocycles. The molecule has 1 fully saturated rings. The standard InChI is InChI=1S/C15H23FN2O2S/c1-2-11-18(14-7-5-13(17)6-8-14)21(19,20)15-9-3-12(16)4-10-15/h3-4,9-10,13-14H,2,5-8,11,17H2,1H3. The number of rotatable bonds is 5. The Morgan fingerprint density at radius 1 is 1.19 bits per heavy atom. The molecule has 2 rings (SSSR count). The minimum absolute atomic E-state index is 0.000182. The van der Waals surface area contributed by atoms with Gasteiger partial charge in [0.25, 0.3) is 0 Å². The van der Waals surface area contributed by atoms with E-state index >= 15 is 0 Å². The Morgan fingerprint density at radius 3 is 2.29 bits per heavy atom. The number of benzene rings is 1. The summed E-state index contributed by atoms with van der Waals surface area (Å²) in [5.74, 6) is -0.431. The van der Waals surface area contributed by atoms with E-state index in [4.69, 9.17) is 5.73 Å². The van der Waals surface area contributed by atoms with Crippen LogP contribution < -0.4 is 5.73 Å². The molecule has 0 radical (unpaired) electrons. The highest BCUT2D eigenvalue weighted by Crippen LogP contribution is 2.27. The highest BCUT2D eigenvalue weighted by molar-refractivity contribution is 7.89. The first-order valence-corrected chi connectivity index (χ1v) is 8.92. The fourth-order valence-electron chi connectivity index (χ4n) is 2.85. The molecular formula is C15H23FN2O2S. The molecule has 0 atom stereocenters. The van der Waals surface area contributed by atoms with E-state index in [-0.39, 0.29) is 17.0 Å². The third-order valence-electron chi connectivity index (χ3n) is 4.01. The van der Waals surface area contributed by atoms with Crippen LogP contribution in [0.25, 0.3) is 0 Å². The zero-order valence-corrected chi connectivity index (χ0v) is 13.2. The zero-order valence-electron chi connectivity index (χ0n) is 12.3. The van der Waals surface area contributed by atoms with E-state index in [9.17, 15) is 12.8 Å². The van der Waals surface area contributed by atoms with E-state index in [0.29, 0.717) is 6.54 Å². The quantitative estimate of drug-likeness (QED) is 0.908. The van der Waals surface area contributed by atoms with Crippen molar-refractivity contribution in [1.29, 1.82) is 0 Å². The minimum atomic E-state index is -3.57. The number of sulfonamides is 1. The van der Waals surface area contributed by atoms with Gasteiger partial charge in [0.1, 0.15) is 5.82 Å². The second-order valence-electron chi connectivity index (χ2n) is 5.64. The lowest BCUT2D eigenvalue weighted by molar-refractivity contribution is 0.240. The van der Waals surface area contributed by atoms with Crippen molar-refractivity contribution in [1.82, 2.24) is 4.31 Å². The smallest absolute Gasteiger partial charge is 0.243 e. The first-order chi connectivity index (χ1) is 9.95. The average Bonchev–Trinajstić information content (AvgIpc) is 2.46. The fourth-order valence-corrected chi connectivity index (χ4v) is 4.63. The van der Waals surface area contributed by atoms with Crippen LogP contribution in [-0.4, -0.2) is 31.4 Å². The van der Waals surface area contributed by atoms with Crippen LogP contribution >= 0.6 is 0 Å². The molecule has 6 heteroatoms. The molecule has 1 saturated carbocycles. The van der Waals surface area contributed by atoms with Crippen LogP contribution in [0.15, 0.2) is 29.2 Å². The van der Waals surface area contributed by atoms with Crippen LogP contribution in [0.5, 0.6) is 0 Å². The number of hydrogen-bond donors (Lipinski definition) is 1. The van der Waals surface area contributed by atoms with Crippen LogP contribution in [-0.2, 0) is 10.0 Å². The molecule has 0 bridgehead atoms. The van der Waals surface area contributed by atoms with Crippen molar-refractivity contribution in [2.45, 2.75) is 56.0 Å². The maximum atomic E-state index is 13.0. The van der Waals surface area contributed by atoms with Crippen molar-refractivity contribution < 1.29 is 12.8 Å². The van der Waals surface area contributed by atoms with Crippen molar-refractivity contribution in [3.8, 4) is 0 Å². The summed E-state index contributed by atoms with van der Waals surface area (Å²) in [6.07, 6.45) is 4.04. The second kappa shape index (κ2) is 6.85. The van der Waals surface area contributed by atoms with Crippen molar-refractivity contribution in [2.24, 2.45) is 5.73 Å². The maximum absolute atomic E-state index is 13.0. The van der Waals surface area contributed by atoms with Crippen LogP contribution in [0.2, 0.25) is 0 Å². The van der Waals surface area contributed by atoms with Gasteiger partial charge in [0.15, 0.2) is 0 Å². The van der Waals surface area contributed by atoms with Gasteiger partial charge in [-0.3, -0.25) is 0 Å². The van der Waals surface area contributed by atoms with Gasteiger partial charge in [0, 0.05) is 18.6 Å². The summed E-state index contributed by atoms with van der Waals surface area (Å²) in [5.41, 5.74) is 5.90. The first-order valence-electron chi connectivity index (χ1n) is 7.48. The normalized spacial score (nSPS) is 23.4.